The molecular weight excluding hydrogens is 236 g/mol. The van der Waals surface area contributed by atoms with Gasteiger partial charge in [0.1, 0.15) is 0 Å². The number of benzene rings is 1. The van der Waals surface area contributed by atoms with Crippen LogP contribution in [0.1, 0.15) is 37.9 Å². The second kappa shape index (κ2) is 6.04. The van der Waals surface area contributed by atoms with Crippen molar-refractivity contribution in [3.8, 4) is 0 Å². The van der Waals surface area contributed by atoms with Crippen molar-refractivity contribution in [1.29, 1.82) is 0 Å². The molecule has 106 valence electrons. The largest absolute Gasteiger partial charge is 0.395 e. The molecule has 0 aliphatic carbocycles. The number of aliphatic hydroxyl groups excluding tert-OH is 1. The molecular formula is C16H26N2O. The van der Waals surface area contributed by atoms with Crippen LogP contribution in [-0.2, 0) is 5.41 Å². The number of hydrogen-bond donors (Lipinski definition) is 2. The van der Waals surface area contributed by atoms with Crippen molar-refractivity contribution in [3.05, 3.63) is 35.4 Å². The molecule has 0 spiro atoms. The minimum Gasteiger partial charge on any atom is -0.395 e. The van der Waals surface area contributed by atoms with Crippen LogP contribution >= 0.6 is 0 Å². The predicted molar refractivity (Wildman–Crippen MR) is 79.4 cm³/mol. The van der Waals surface area contributed by atoms with E-state index in [0.717, 1.165) is 26.2 Å². The van der Waals surface area contributed by atoms with Crippen molar-refractivity contribution < 1.29 is 5.11 Å². The summed E-state index contributed by atoms with van der Waals surface area (Å²) in [6.45, 7) is 11.0. The molecule has 1 unspecified atom stereocenters. The van der Waals surface area contributed by atoms with Crippen molar-refractivity contribution in [2.75, 3.05) is 32.8 Å². The third-order valence-corrected chi connectivity index (χ3v) is 4.27. The summed E-state index contributed by atoms with van der Waals surface area (Å²) >= 11 is 0. The Kier molecular flexibility index (Phi) is 4.61. The highest BCUT2D eigenvalue weighted by Gasteiger charge is 2.21. The molecule has 2 rings (SSSR count). The fourth-order valence-corrected chi connectivity index (χ4v) is 2.58. The van der Waals surface area contributed by atoms with E-state index < -0.39 is 0 Å². The zero-order valence-electron chi connectivity index (χ0n) is 12.3. The first-order valence-electron chi connectivity index (χ1n) is 7.20. The Bertz CT molecular complexity index is 394. The van der Waals surface area contributed by atoms with Crippen LogP contribution in [-0.4, -0.2) is 42.8 Å². The van der Waals surface area contributed by atoms with Crippen LogP contribution < -0.4 is 5.32 Å². The van der Waals surface area contributed by atoms with Gasteiger partial charge in [0.15, 0.2) is 0 Å². The minimum atomic E-state index is -0.156. The normalized spacial score (nSPS) is 19.4. The summed E-state index contributed by atoms with van der Waals surface area (Å²) in [4.78, 5) is 2.52. The molecule has 3 heteroatoms. The van der Waals surface area contributed by atoms with Crippen LogP contribution in [0.2, 0.25) is 0 Å². The van der Waals surface area contributed by atoms with E-state index in [-0.39, 0.29) is 12.0 Å². The monoisotopic (exact) mass is 262 g/mol. The standard InChI is InChI=1S/C16H26N2O/c1-13(18-10-8-17-9-11-18)14-4-6-15(7-5-14)16(2,3)12-19/h4-7,13,17,19H,8-12H2,1-3H3. The van der Waals surface area contributed by atoms with Gasteiger partial charge in [-0.25, -0.2) is 0 Å². The maximum atomic E-state index is 9.41. The summed E-state index contributed by atoms with van der Waals surface area (Å²) in [5.74, 6) is 0. The molecule has 0 radical (unpaired) electrons. The lowest BCUT2D eigenvalue weighted by Gasteiger charge is -2.33. The van der Waals surface area contributed by atoms with Gasteiger partial charge in [-0.2, -0.15) is 0 Å². The van der Waals surface area contributed by atoms with Gasteiger partial charge in [0.05, 0.1) is 6.61 Å². The van der Waals surface area contributed by atoms with E-state index in [1.165, 1.54) is 11.1 Å². The van der Waals surface area contributed by atoms with Crippen LogP contribution in [0, 0.1) is 0 Å². The summed E-state index contributed by atoms with van der Waals surface area (Å²) in [5, 5.41) is 12.8. The Morgan fingerprint density at radius 3 is 2.32 bits per heavy atom. The number of aliphatic hydroxyl groups is 1. The molecule has 1 fully saturated rings. The quantitative estimate of drug-likeness (QED) is 0.870. The zero-order chi connectivity index (χ0) is 13.9. The fourth-order valence-electron chi connectivity index (χ4n) is 2.58. The molecule has 2 N–H and O–H groups in total. The second-order valence-electron chi connectivity index (χ2n) is 6.13. The second-order valence-corrected chi connectivity index (χ2v) is 6.13. The summed E-state index contributed by atoms with van der Waals surface area (Å²) < 4.78 is 0. The molecule has 1 aromatic carbocycles. The Balaban J connectivity index is 2.09. The molecule has 1 atom stereocenters. The van der Waals surface area contributed by atoms with Gasteiger partial charge in [0.2, 0.25) is 0 Å². The predicted octanol–water partition coefficient (Wildman–Crippen LogP) is 1.92. The summed E-state index contributed by atoms with van der Waals surface area (Å²) in [7, 11) is 0. The van der Waals surface area contributed by atoms with Crippen LogP contribution in [0.3, 0.4) is 0 Å². The zero-order valence-corrected chi connectivity index (χ0v) is 12.3. The summed E-state index contributed by atoms with van der Waals surface area (Å²) in [6.07, 6.45) is 0. The fraction of sp³-hybridized carbons (Fsp3) is 0.625. The van der Waals surface area contributed by atoms with Crippen LogP contribution in [0.5, 0.6) is 0 Å². The molecule has 1 aliphatic heterocycles. The Hall–Kier alpha value is -0.900. The third-order valence-electron chi connectivity index (χ3n) is 4.27. The van der Waals surface area contributed by atoms with Crippen LogP contribution in [0.25, 0.3) is 0 Å². The van der Waals surface area contributed by atoms with Gasteiger partial charge in [-0.1, -0.05) is 38.1 Å². The molecule has 0 amide bonds. The number of nitrogens with one attached hydrogen (secondary N) is 1. The molecule has 1 aliphatic rings. The summed E-state index contributed by atoms with van der Waals surface area (Å²) in [6, 6.07) is 9.20. The maximum Gasteiger partial charge on any atom is 0.0522 e. The lowest BCUT2D eigenvalue weighted by molar-refractivity contribution is 0.185. The van der Waals surface area contributed by atoms with Gasteiger partial charge in [-0.05, 0) is 18.1 Å². The van der Waals surface area contributed by atoms with E-state index >= 15 is 0 Å². The first-order valence-corrected chi connectivity index (χ1v) is 7.20. The number of nitrogens with zero attached hydrogens (tertiary/aromatic N) is 1. The summed E-state index contributed by atoms with van der Waals surface area (Å²) in [5.41, 5.74) is 2.40. The molecule has 19 heavy (non-hydrogen) atoms. The van der Waals surface area contributed by atoms with Crippen molar-refractivity contribution in [1.82, 2.24) is 10.2 Å². The lowest BCUT2D eigenvalue weighted by atomic mass is 9.85. The average molecular weight is 262 g/mol. The first-order chi connectivity index (χ1) is 9.04. The highest BCUT2D eigenvalue weighted by Crippen LogP contribution is 2.26. The topological polar surface area (TPSA) is 35.5 Å². The highest BCUT2D eigenvalue weighted by molar-refractivity contribution is 5.29. The van der Waals surface area contributed by atoms with E-state index in [1.807, 2.05) is 0 Å². The van der Waals surface area contributed by atoms with Gasteiger partial charge in [0, 0.05) is 37.6 Å². The van der Waals surface area contributed by atoms with Gasteiger partial charge < -0.3 is 10.4 Å². The van der Waals surface area contributed by atoms with Gasteiger partial charge >= 0.3 is 0 Å². The molecule has 1 aromatic rings. The number of rotatable bonds is 4. The Morgan fingerprint density at radius 2 is 1.79 bits per heavy atom. The molecule has 3 nitrogen and oxygen atoms in total. The van der Waals surface area contributed by atoms with Gasteiger partial charge in [-0.3, -0.25) is 4.90 Å². The molecule has 0 bridgehead atoms. The SMILES string of the molecule is CC(c1ccc(C(C)(C)CO)cc1)N1CCNCC1. The van der Waals surface area contributed by atoms with Crippen LogP contribution in [0.4, 0.5) is 0 Å². The highest BCUT2D eigenvalue weighted by atomic mass is 16.3. The maximum absolute atomic E-state index is 9.41. The van der Waals surface area contributed by atoms with Crippen molar-refractivity contribution in [2.45, 2.75) is 32.2 Å². The van der Waals surface area contributed by atoms with Crippen LogP contribution in [0.15, 0.2) is 24.3 Å². The van der Waals surface area contributed by atoms with Gasteiger partial charge in [0.25, 0.3) is 0 Å². The molecule has 1 saturated heterocycles. The first kappa shape index (κ1) is 14.5. The number of piperazine rings is 1. The minimum absolute atomic E-state index is 0.156. The van der Waals surface area contributed by atoms with E-state index in [9.17, 15) is 5.11 Å². The van der Waals surface area contributed by atoms with Crippen molar-refractivity contribution >= 4 is 0 Å². The Morgan fingerprint density at radius 1 is 1.21 bits per heavy atom. The molecule has 0 saturated carbocycles. The van der Waals surface area contributed by atoms with E-state index in [2.05, 4.69) is 55.3 Å². The van der Waals surface area contributed by atoms with Crippen molar-refractivity contribution in [2.24, 2.45) is 0 Å². The lowest BCUT2D eigenvalue weighted by Crippen LogP contribution is -2.44. The van der Waals surface area contributed by atoms with Crippen molar-refractivity contribution in [3.63, 3.8) is 0 Å². The average Bonchev–Trinajstić information content (AvgIpc) is 2.47. The molecule has 1 heterocycles. The third kappa shape index (κ3) is 3.35. The van der Waals surface area contributed by atoms with E-state index in [4.69, 9.17) is 0 Å². The molecule has 0 aromatic heterocycles. The Labute approximate surface area is 116 Å². The number of hydrogen-bond acceptors (Lipinski definition) is 3. The smallest absolute Gasteiger partial charge is 0.0522 e. The van der Waals surface area contributed by atoms with Gasteiger partial charge in [-0.15, -0.1) is 0 Å². The van der Waals surface area contributed by atoms with E-state index in [0.29, 0.717) is 6.04 Å². The van der Waals surface area contributed by atoms with E-state index in [1.54, 1.807) is 0 Å².